The van der Waals surface area contributed by atoms with Gasteiger partial charge in [-0.3, -0.25) is 14.5 Å². The second-order valence-corrected chi connectivity index (χ2v) is 6.60. The van der Waals surface area contributed by atoms with Crippen LogP contribution >= 0.6 is 15.9 Å². The molecule has 1 aromatic carbocycles. The lowest BCUT2D eigenvalue weighted by Gasteiger charge is -2.23. The van der Waals surface area contributed by atoms with Gasteiger partial charge in [-0.05, 0) is 24.6 Å². The number of nitrogens with zero attached hydrogens (tertiary/aromatic N) is 3. The van der Waals surface area contributed by atoms with Gasteiger partial charge in [0.1, 0.15) is 12.1 Å². The van der Waals surface area contributed by atoms with Gasteiger partial charge in [0.2, 0.25) is 5.91 Å². The summed E-state index contributed by atoms with van der Waals surface area (Å²) < 4.78 is 0.786. The molecule has 0 aliphatic carbocycles. The molecule has 1 heterocycles. The number of benzene rings is 1. The predicted molar refractivity (Wildman–Crippen MR) is 89.6 cm³/mol. The first-order valence-electron chi connectivity index (χ1n) is 7.30. The molecule has 0 spiro atoms. The van der Waals surface area contributed by atoms with Crippen molar-refractivity contribution in [3.05, 3.63) is 34.3 Å². The summed E-state index contributed by atoms with van der Waals surface area (Å²) >= 11 is 3.34. The van der Waals surface area contributed by atoms with Gasteiger partial charge in [0.15, 0.2) is 0 Å². The second kappa shape index (κ2) is 7.01. The maximum atomic E-state index is 12.7. The lowest BCUT2D eigenvalue weighted by molar-refractivity contribution is -0.138. The largest absolute Gasteiger partial charge is 0.343 e. The number of nitrogens with one attached hydrogen (secondary N) is 1. The minimum Gasteiger partial charge on any atom is -0.343 e. The number of carbonyl (C=O) groups is 3. The van der Waals surface area contributed by atoms with Crippen LogP contribution in [0.5, 0.6) is 0 Å². The fourth-order valence-electron chi connectivity index (χ4n) is 2.43. The van der Waals surface area contributed by atoms with Gasteiger partial charge in [0.25, 0.3) is 5.91 Å². The molecule has 24 heavy (non-hydrogen) atoms. The summed E-state index contributed by atoms with van der Waals surface area (Å²) in [4.78, 5) is 39.3. The SMILES string of the molecule is CN(CCC#N)C(=O)CN1C(=O)NC(C)(c2cccc(Br)c2)C1=O. The van der Waals surface area contributed by atoms with Crippen LogP contribution in [-0.2, 0) is 15.1 Å². The van der Waals surface area contributed by atoms with E-state index in [2.05, 4.69) is 21.2 Å². The summed E-state index contributed by atoms with van der Waals surface area (Å²) in [5, 5.41) is 11.2. The fourth-order valence-corrected chi connectivity index (χ4v) is 2.83. The van der Waals surface area contributed by atoms with E-state index in [-0.39, 0.29) is 19.5 Å². The molecule has 126 valence electrons. The van der Waals surface area contributed by atoms with E-state index in [1.807, 2.05) is 12.1 Å². The second-order valence-electron chi connectivity index (χ2n) is 5.68. The third-order valence-electron chi connectivity index (χ3n) is 3.96. The number of nitriles is 1. The average Bonchev–Trinajstić information content (AvgIpc) is 2.76. The highest BCUT2D eigenvalue weighted by Crippen LogP contribution is 2.30. The van der Waals surface area contributed by atoms with Crippen molar-refractivity contribution in [3.63, 3.8) is 0 Å². The molecule has 1 fully saturated rings. The summed E-state index contributed by atoms with van der Waals surface area (Å²) in [5.74, 6) is -0.875. The van der Waals surface area contributed by atoms with Gasteiger partial charge in [-0.15, -0.1) is 0 Å². The Hall–Kier alpha value is -2.40. The standard InChI is InChI=1S/C16H17BrN4O3/c1-16(11-5-3-6-12(17)9-11)14(23)21(15(24)19-16)10-13(22)20(2)8-4-7-18/h3,5-6,9H,4,8,10H2,1-2H3,(H,19,24). The Labute approximate surface area is 148 Å². The Morgan fingerprint density at radius 1 is 1.46 bits per heavy atom. The number of likely N-dealkylation sites (N-methyl/N-ethyl adjacent to an activating group) is 1. The monoisotopic (exact) mass is 392 g/mol. The molecule has 4 amide bonds. The minimum absolute atomic E-state index is 0.193. The molecular weight excluding hydrogens is 376 g/mol. The number of carbonyl (C=O) groups excluding carboxylic acids is 3. The lowest BCUT2D eigenvalue weighted by atomic mass is 9.92. The Kier molecular flexibility index (Phi) is 5.24. The van der Waals surface area contributed by atoms with E-state index >= 15 is 0 Å². The molecular formula is C16H17BrN4O3. The van der Waals surface area contributed by atoms with Crippen molar-refractivity contribution >= 4 is 33.8 Å². The zero-order valence-electron chi connectivity index (χ0n) is 13.4. The van der Waals surface area contributed by atoms with Crippen LogP contribution in [0.15, 0.2) is 28.7 Å². The third kappa shape index (κ3) is 3.41. The quantitative estimate of drug-likeness (QED) is 0.769. The van der Waals surface area contributed by atoms with Crippen LogP contribution in [0, 0.1) is 11.3 Å². The highest BCUT2D eigenvalue weighted by atomic mass is 79.9. The summed E-state index contributed by atoms with van der Waals surface area (Å²) in [6.45, 7) is 1.51. The molecule has 1 atom stereocenters. The van der Waals surface area contributed by atoms with E-state index in [1.54, 1.807) is 25.1 Å². The van der Waals surface area contributed by atoms with Gasteiger partial charge in [0, 0.05) is 18.1 Å². The summed E-state index contributed by atoms with van der Waals surface area (Å²) in [6, 6.07) is 8.43. The van der Waals surface area contributed by atoms with Crippen LogP contribution in [0.25, 0.3) is 0 Å². The van der Waals surface area contributed by atoms with Crippen molar-refractivity contribution in [2.75, 3.05) is 20.1 Å². The van der Waals surface area contributed by atoms with Crippen LogP contribution in [0.1, 0.15) is 18.9 Å². The summed E-state index contributed by atoms with van der Waals surface area (Å²) in [6.07, 6.45) is 0.193. The Morgan fingerprint density at radius 2 is 2.17 bits per heavy atom. The molecule has 0 bridgehead atoms. The highest BCUT2D eigenvalue weighted by molar-refractivity contribution is 9.10. The number of imide groups is 1. The Balaban J connectivity index is 2.17. The molecule has 1 aliphatic rings. The average molecular weight is 393 g/mol. The number of hydrogen-bond acceptors (Lipinski definition) is 4. The molecule has 1 unspecified atom stereocenters. The van der Waals surface area contributed by atoms with Gasteiger partial charge in [-0.1, -0.05) is 28.1 Å². The minimum atomic E-state index is -1.22. The fraction of sp³-hybridized carbons (Fsp3) is 0.375. The molecule has 0 aromatic heterocycles. The van der Waals surface area contributed by atoms with E-state index < -0.39 is 23.4 Å². The molecule has 8 heteroatoms. The van der Waals surface area contributed by atoms with Gasteiger partial charge < -0.3 is 10.2 Å². The third-order valence-corrected chi connectivity index (χ3v) is 4.45. The number of rotatable bonds is 5. The predicted octanol–water partition coefficient (Wildman–Crippen LogP) is 1.59. The van der Waals surface area contributed by atoms with Gasteiger partial charge in [-0.2, -0.15) is 5.26 Å². The van der Waals surface area contributed by atoms with Gasteiger partial charge in [-0.25, -0.2) is 4.79 Å². The Bertz CT molecular complexity index is 730. The van der Waals surface area contributed by atoms with Gasteiger partial charge >= 0.3 is 6.03 Å². The molecule has 1 N–H and O–H groups in total. The van der Waals surface area contributed by atoms with Crippen LogP contribution < -0.4 is 5.32 Å². The smallest absolute Gasteiger partial charge is 0.325 e. The maximum absolute atomic E-state index is 12.7. The van der Waals surface area contributed by atoms with E-state index in [4.69, 9.17) is 5.26 Å². The van der Waals surface area contributed by atoms with Crippen LogP contribution in [0.2, 0.25) is 0 Å². The number of halogens is 1. The molecule has 7 nitrogen and oxygen atoms in total. The molecule has 0 saturated carbocycles. The lowest BCUT2D eigenvalue weighted by Crippen LogP contribution is -2.43. The molecule has 1 aromatic rings. The normalized spacial score (nSPS) is 19.8. The highest BCUT2D eigenvalue weighted by Gasteiger charge is 2.49. The maximum Gasteiger partial charge on any atom is 0.325 e. The summed E-state index contributed by atoms with van der Waals surface area (Å²) in [5.41, 5.74) is -0.588. The zero-order chi connectivity index (χ0) is 17.9. The van der Waals surface area contributed by atoms with Crippen molar-refractivity contribution in [1.82, 2.24) is 15.1 Å². The van der Waals surface area contributed by atoms with Crippen molar-refractivity contribution in [2.45, 2.75) is 18.9 Å². The molecule has 2 rings (SSSR count). The number of hydrogen-bond donors (Lipinski definition) is 1. The van der Waals surface area contributed by atoms with Crippen LogP contribution in [0.3, 0.4) is 0 Å². The van der Waals surface area contributed by atoms with Crippen molar-refractivity contribution < 1.29 is 14.4 Å². The van der Waals surface area contributed by atoms with Crippen LogP contribution in [-0.4, -0.2) is 47.8 Å². The topological polar surface area (TPSA) is 93.5 Å². The van der Waals surface area contributed by atoms with E-state index in [9.17, 15) is 14.4 Å². The van der Waals surface area contributed by atoms with E-state index in [0.717, 1.165) is 9.37 Å². The van der Waals surface area contributed by atoms with Gasteiger partial charge in [0.05, 0.1) is 12.5 Å². The molecule has 1 saturated heterocycles. The first-order chi connectivity index (χ1) is 11.3. The Morgan fingerprint density at radius 3 is 2.79 bits per heavy atom. The van der Waals surface area contributed by atoms with Crippen molar-refractivity contribution in [3.8, 4) is 6.07 Å². The molecule has 0 radical (unpaired) electrons. The van der Waals surface area contributed by atoms with Crippen LogP contribution in [0.4, 0.5) is 4.79 Å². The first-order valence-corrected chi connectivity index (χ1v) is 8.10. The van der Waals surface area contributed by atoms with Crippen molar-refractivity contribution in [2.24, 2.45) is 0 Å². The summed E-state index contributed by atoms with van der Waals surface area (Å²) in [7, 11) is 1.53. The zero-order valence-corrected chi connectivity index (χ0v) is 15.0. The first kappa shape index (κ1) is 17.9. The van der Waals surface area contributed by atoms with E-state index in [1.165, 1.54) is 11.9 Å². The van der Waals surface area contributed by atoms with E-state index in [0.29, 0.717) is 5.56 Å². The van der Waals surface area contributed by atoms with Crippen molar-refractivity contribution in [1.29, 1.82) is 5.26 Å². The number of amides is 4. The molecule has 1 aliphatic heterocycles. The number of urea groups is 1.